The third kappa shape index (κ3) is 3.85. The van der Waals surface area contributed by atoms with Crippen molar-refractivity contribution in [2.45, 2.75) is 25.1 Å². The van der Waals surface area contributed by atoms with E-state index in [1.165, 1.54) is 0 Å². The second-order valence-corrected chi connectivity index (χ2v) is 7.44. The fourth-order valence-electron chi connectivity index (χ4n) is 3.85. The van der Waals surface area contributed by atoms with Gasteiger partial charge in [-0.15, -0.1) is 0 Å². The lowest BCUT2D eigenvalue weighted by Crippen LogP contribution is -2.24. The lowest BCUT2D eigenvalue weighted by Gasteiger charge is -2.21. The van der Waals surface area contributed by atoms with Crippen molar-refractivity contribution < 1.29 is 9.63 Å². The molecule has 1 aromatic carbocycles. The van der Waals surface area contributed by atoms with Gasteiger partial charge in [-0.25, -0.2) is 0 Å². The molecule has 0 aliphatic carbocycles. The van der Waals surface area contributed by atoms with Gasteiger partial charge in [0.25, 0.3) is 0 Å². The highest BCUT2D eigenvalue weighted by Gasteiger charge is 2.35. The Morgan fingerprint density at radius 3 is 2.57 bits per heavy atom. The number of hydrogen-bond acceptors (Lipinski definition) is 7. The first-order valence-corrected chi connectivity index (χ1v) is 9.93. The van der Waals surface area contributed by atoms with Gasteiger partial charge in [0, 0.05) is 42.8 Å². The van der Waals surface area contributed by atoms with Crippen LogP contribution in [-0.4, -0.2) is 42.8 Å². The molecule has 7 heteroatoms. The first kappa shape index (κ1) is 18.6. The molecule has 0 radical (unpaired) electrons. The van der Waals surface area contributed by atoms with Gasteiger partial charge in [-0.2, -0.15) is 4.98 Å². The molecule has 5 rings (SSSR count). The molecule has 4 aromatic rings. The maximum Gasteiger partial charge on any atom is 0.244 e. The molecule has 0 saturated carbocycles. The van der Waals surface area contributed by atoms with Crippen LogP contribution in [0.3, 0.4) is 0 Å². The highest BCUT2D eigenvalue weighted by molar-refractivity contribution is 5.59. The van der Waals surface area contributed by atoms with E-state index in [4.69, 9.17) is 4.52 Å². The molecule has 30 heavy (non-hydrogen) atoms. The van der Waals surface area contributed by atoms with E-state index >= 15 is 0 Å². The summed E-state index contributed by atoms with van der Waals surface area (Å²) in [6.45, 7) is 1.26. The zero-order valence-electron chi connectivity index (χ0n) is 16.3. The highest BCUT2D eigenvalue weighted by atomic mass is 16.5. The smallest absolute Gasteiger partial charge is 0.244 e. The van der Waals surface area contributed by atoms with Crippen LogP contribution in [0.25, 0.3) is 22.6 Å². The highest BCUT2D eigenvalue weighted by Crippen LogP contribution is 2.33. The summed E-state index contributed by atoms with van der Waals surface area (Å²) in [4.78, 5) is 15.2. The maximum atomic E-state index is 10.3. The van der Waals surface area contributed by atoms with Crippen LogP contribution in [-0.2, 0) is 6.54 Å². The Morgan fingerprint density at radius 2 is 1.80 bits per heavy atom. The minimum absolute atomic E-state index is 0.112. The zero-order chi connectivity index (χ0) is 20.3. The number of likely N-dealkylation sites (tertiary alicyclic amines) is 1. The molecule has 1 aliphatic rings. The quantitative estimate of drug-likeness (QED) is 0.549. The maximum absolute atomic E-state index is 10.3. The van der Waals surface area contributed by atoms with E-state index in [2.05, 4.69) is 49.3 Å². The third-order valence-corrected chi connectivity index (χ3v) is 5.35. The van der Waals surface area contributed by atoms with E-state index in [9.17, 15) is 5.11 Å². The second kappa shape index (κ2) is 8.14. The molecule has 0 unspecified atom stereocenters. The Bertz CT molecular complexity index is 1100. The predicted octanol–water partition coefficient (Wildman–Crippen LogP) is 3.50. The zero-order valence-corrected chi connectivity index (χ0v) is 16.3. The number of hydrogen-bond donors (Lipinski definition) is 1. The first-order valence-electron chi connectivity index (χ1n) is 9.93. The van der Waals surface area contributed by atoms with E-state index in [-0.39, 0.29) is 6.04 Å². The van der Waals surface area contributed by atoms with Crippen molar-refractivity contribution in [3.05, 3.63) is 84.6 Å². The van der Waals surface area contributed by atoms with E-state index in [0.29, 0.717) is 31.2 Å². The first-order chi connectivity index (χ1) is 14.8. The number of rotatable bonds is 5. The molecule has 2 atom stereocenters. The van der Waals surface area contributed by atoms with Crippen molar-refractivity contribution >= 4 is 0 Å². The summed E-state index contributed by atoms with van der Waals surface area (Å²) in [5.74, 6) is 1.07. The molecule has 7 nitrogen and oxygen atoms in total. The van der Waals surface area contributed by atoms with Crippen LogP contribution in [0.1, 0.15) is 23.9 Å². The van der Waals surface area contributed by atoms with Gasteiger partial charge in [0.2, 0.25) is 11.7 Å². The van der Waals surface area contributed by atoms with E-state index < -0.39 is 6.10 Å². The van der Waals surface area contributed by atoms with Crippen molar-refractivity contribution in [3.8, 4) is 22.6 Å². The van der Waals surface area contributed by atoms with Crippen LogP contribution in [0.5, 0.6) is 0 Å². The van der Waals surface area contributed by atoms with Gasteiger partial charge in [-0.1, -0.05) is 35.5 Å². The normalized spacial score (nSPS) is 19.2. The average Bonchev–Trinajstić information content (AvgIpc) is 3.42. The minimum atomic E-state index is -0.418. The van der Waals surface area contributed by atoms with Gasteiger partial charge in [-0.05, 0) is 36.2 Å². The van der Waals surface area contributed by atoms with Crippen LogP contribution in [0.4, 0.5) is 0 Å². The lowest BCUT2D eigenvalue weighted by molar-refractivity contribution is 0.169. The SMILES string of the molecule is O[C@@H]1C[C@@H](c2nc(-c3ccncc3)no2)N(Cc2ccc(-c3ccccn3)cc2)C1. The molecule has 0 amide bonds. The van der Waals surface area contributed by atoms with E-state index in [0.717, 1.165) is 22.4 Å². The molecule has 1 saturated heterocycles. The Hall–Kier alpha value is -3.42. The summed E-state index contributed by atoms with van der Waals surface area (Å²) in [5, 5.41) is 14.4. The standard InChI is InChI=1S/C23H21N5O2/c29-19-13-21(23-26-22(27-30-23)18-8-11-24-12-9-18)28(15-19)14-16-4-6-17(7-5-16)20-3-1-2-10-25-20/h1-12,19,21,29H,13-15H2/t19-,21+/m1/s1. The van der Waals surface area contributed by atoms with Crippen LogP contribution in [0.2, 0.25) is 0 Å². The Balaban J connectivity index is 1.33. The van der Waals surface area contributed by atoms with Crippen LogP contribution < -0.4 is 0 Å². The average molecular weight is 399 g/mol. The number of pyridine rings is 2. The molecular formula is C23H21N5O2. The second-order valence-electron chi connectivity index (χ2n) is 7.44. The monoisotopic (exact) mass is 399 g/mol. The summed E-state index contributed by atoms with van der Waals surface area (Å²) in [5.41, 5.74) is 4.04. The van der Waals surface area contributed by atoms with Crippen molar-refractivity contribution in [1.29, 1.82) is 0 Å². The van der Waals surface area contributed by atoms with Crippen molar-refractivity contribution in [2.24, 2.45) is 0 Å². The predicted molar refractivity (Wildman–Crippen MR) is 111 cm³/mol. The fraction of sp³-hybridized carbons (Fsp3) is 0.217. The number of aliphatic hydroxyl groups excluding tert-OH is 1. The molecule has 0 bridgehead atoms. The van der Waals surface area contributed by atoms with Gasteiger partial charge >= 0.3 is 0 Å². The minimum Gasteiger partial charge on any atom is -0.392 e. The summed E-state index contributed by atoms with van der Waals surface area (Å²) >= 11 is 0. The molecule has 1 aliphatic heterocycles. The fourth-order valence-corrected chi connectivity index (χ4v) is 3.85. The number of aliphatic hydroxyl groups is 1. The molecule has 4 heterocycles. The topological polar surface area (TPSA) is 88.2 Å². The Kier molecular flexibility index (Phi) is 5.04. The number of β-amino-alcohol motifs (C(OH)–C–C–N with tert-alkyl or cyclic N) is 1. The van der Waals surface area contributed by atoms with Gasteiger partial charge in [0.15, 0.2) is 0 Å². The van der Waals surface area contributed by atoms with E-state index in [1.54, 1.807) is 18.6 Å². The molecule has 1 fully saturated rings. The number of aromatic nitrogens is 4. The summed E-state index contributed by atoms with van der Waals surface area (Å²) < 4.78 is 5.55. The van der Waals surface area contributed by atoms with Crippen molar-refractivity contribution in [1.82, 2.24) is 25.0 Å². The van der Waals surface area contributed by atoms with Crippen LogP contribution >= 0.6 is 0 Å². The molecule has 0 spiro atoms. The Labute approximate surface area is 174 Å². The van der Waals surface area contributed by atoms with Crippen LogP contribution in [0.15, 0.2) is 77.7 Å². The molecule has 150 valence electrons. The van der Waals surface area contributed by atoms with Gasteiger partial charge in [-0.3, -0.25) is 14.9 Å². The number of nitrogens with zero attached hydrogens (tertiary/aromatic N) is 5. The van der Waals surface area contributed by atoms with Gasteiger partial charge in [0.05, 0.1) is 17.8 Å². The summed E-state index contributed by atoms with van der Waals surface area (Å²) in [6, 6.07) is 17.8. The van der Waals surface area contributed by atoms with Gasteiger partial charge < -0.3 is 9.63 Å². The Morgan fingerprint density at radius 1 is 0.967 bits per heavy atom. The summed E-state index contributed by atoms with van der Waals surface area (Å²) in [6.07, 6.45) is 5.35. The van der Waals surface area contributed by atoms with Crippen molar-refractivity contribution in [3.63, 3.8) is 0 Å². The third-order valence-electron chi connectivity index (χ3n) is 5.35. The molecular weight excluding hydrogens is 378 g/mol. The number of benzene rings is 1. The largest absolute Gasteiger partial charge is 0.392 e. The lowest BCUT2D eigenvalue weighted by atomic mass is 10.1. The molecule has 3 aromatic heterocycles. The summed E-state index contributed by atoms with van der Waals surface area (Å²) in [7, 11) is 0. The van der Waals surface area contributed by atoms with Crippen LogP contribution in [0, 0.1) is 0 Å². The van der Waals surface area contributed by atoms with E-state index in [1.807, 2.05) is 30.3 Å². The molecule has 1 N–H and O–H groups in total. The van der Waals surface area contributed by atoms with Crippen molar-refractivity contribution in [2.75, 3.05) is 6.54 Å². The van der Waals surface area contributed by atoms with Gasteiger partial charge in [0.1, 0.15) is 0 Å².